The zero-order chi connectivity index (χ0) is 17.6. The third-order valence-electron chi connectivity index (χ3n) is 4.52. The molecular formula is C20H23NO4. The Bertz CT molecular complexity index is 717. The molecule has 1 aliphatic carbocycles. The van der Waals surface area contributed by atoms with Gasteiger partial charge < -0.3 is 20.3 Å². The fraction of sp³-hybridized carbons (Fsp3) is 0.350. The van der Waals surface area contributed by atoms with Gasteiger partial charge in [-0.05, 0) is 41.5 Å². The van der Waals surface area contributed by atoms with E-state index in [2.05, 4.69) is 5.32 Å². The van der Waals surface area contributed by atoms with Crippen LogP contribution in [-0.4, -0.2) is 29.0 Å². The number of fused-ring (bicyclic) bond motifs is 1. The van der Waals surface area contributed by atoms with E-state index in [1.54, 1.807) is 0 Å². The number of aliphatic hydroxyl groups is 2. The summed E-state index contributed by atoms with van der Waals surface area (Å²) in [6.45, 7) is 0.434. The van der Waals surface area contributed by atoms with Gasteiger partial charge in [-0.15, -0.1) is 0 Å². The Morgan fingerprint density at radius 3 is 2.52 bits per heavy atom. The van der Waals surface area contributed by atoms with Gasteiger partial charge in [0.05, 0.1) is 6.10 Å². The van der Waals surface area contributed by atoms with Crippen LogP contribution in [0, 0.1) is 0 Å². The average Bonchev–Trinajstić information content (AvgIpc) is 2.61. The molecular weight excluding hydrogens is 318 g/mol. The maximum absolute atomic E-state index is 11.6. The number of aryl methyl sites for hydroxylation is 2. The van der Waals surface area contributed by atoms with Gasteiger partial charge in [0.2, 0.25) is 0 Å². The predicted octanol–water partition coefficient (Wildman–Crippen LogP) is 2.50. The van der Waals surface area contributed by atoms with Crippen LogP contribution in [-0.2, 0) is 24.2 Å². The number of rotatable bonds is 7. The van der Waals surface area contributed by atoms with Crippen molar-refractivity contribution in [2.45, 2.75) is 38.1 Å². The summed E-state index contributed by atoms with van der Waals surface area (Å²) in [6, 6.07) is 15.2. The van der Waals surface area contributed by atoms with Crippen LogP contribution < -0.4 is 5.32 Å². The van der Waals surface area contributed by atoms with Crippen LogP contribution >= 0.6 is 0 Å². The first kappa shape index (κ1) is 17.5. The second-order valence-corrected chi connectivity index (χ2v) is 6.32. The largest absolute Gasteiger partial charge is 0.445 e. The van der Waals surface area contributed by atoms with Gasteiger partial charge in [0.1, 0.15) is 12.7 Å². The first-order valence-corrected chi connectivity index (χ1v) is 8.56. The van der Waals surface area contributed by atoms with Crippen LogP contribution in [0.25, 0.3) is 0 Å². The zero-order valence-corrected chi connectivity index (χ0v) is 14.0. The van der Waals surface area contributed by atoms with E-state index in [9.17, 15) is 15.0 Å². The monoisotopic (exact) mass is 341 g/mol. The van der Waals surface area contributed by atoms with Crippen LogP contribution in [0.4, 0.5) is 4.79 Å². The van der Waals surface area contributed by atoms with Gasteiger partial charge in [0.15, 0.2) is 0 Å². The van der Waals surface area contributed by atoms with Gasteiger partial charge in [-0.1, -0.05) is 48.5 Å². The van der Waals surface area contributed by atoms with Gasteiger partial charge in [-0.2, -0.15) is 0 Å². The highest BCUT2D eigenvalue weighted by Crippen LogP contribution is 2.28. The Hall–Kier alpha value is -2.37. The third-order valence-corrected chi connectivity index (χ3v) is 4.52. The summed E-state index contributed by atoms with van der Waals surface area (Å²) in [4.78, 5) is 11.6. The number of benzene rings is 2. The molecule has 0 radical (unpaired) electrons. The molecule has 0 saturated heterocycles. The predicted molar refractivity (Wildman–Crippen MR) is 94.1 cm³/mol. The van der Waals surface area contributed by atoms with Crippen molar-refractivity contribution in [3.05, 3.63) is 70.8 Å². The van der Waals surface area contributed by atoms with E-state index in [1.165, 1.54) is 11.1 Å². The van der Waals surface area contributed by atoms with E-state index in [0.717, 1.165) is 24.0 Å². The van der Waals surface area contributed by atoms with Gasteiger partial charge in [-0.3, -0.25) is 0 Å². The van der Waals surface area contributed by atoms with Crippen molar-refractivity contribution < 1.29 is 19.7 Å². The van der Waals surface area contributed by atoms with Crippen molar-refractivity contribution in [2.24, 2.45) is 0 Å². The molecule has 0 bridgehead atoms. The van der Waals surface area contributed by atoms with Gasteiger partial charge in [0, 0.05) is 6.54 Å². The van der Waals surface area contributed by atoms with E-state index < -0.39 is 18.3 Å². The fourth-order valence-corrected chi connectivity index (χ4v) is 2.88. The Balaban J connectivity index is 1.38. The molecule has 132 valence electrons. The Morgan fingerprint density at radius 1 is 1.08 bits per heavy atom. The quantitative estimate of drug-likeness (QED) is 0.723. The van der Waals surface area contributed by atoms with Crippen LogP contribution in [0.15, 0.2) is 48.5 Å². The van der Waals surface area contributed by atoms with Crippen LogP contribution in [0.2, 0.25) is 0 Å². The highest BCUT2D eigenvalue weighted by atomic mass is 16.5. The fourth-order valence-electron chi connectivity index (χ4n) is 2.88. The minimum atomic E-state index is -0.951. The molecule has 0 heterocycles. The topological polar surface area (TPSA) is 78.8 Å². The molecule has 1 aliphatic rings. The average molecular weight is 341 g/mol. The lowest BCUT2D eigenvalue weighted by Gasteiger charge is -2.23. The number of hydrogen-bond acceptors (Lipinski definition) is 4. The SMILES string of the molecule is O=C(NCCC(O)C(O)c1ccc2c(c1)CC2)OCc1ccccc1. The smallest absolute Gasteiger partial charge is 0.407 e. The molecule has 0 saturated carbocycles. The molecule has 2 atom stereocenters. The van der Waals surface area contributed by atoms with Gasteiger partial charge >= 0.3 is 6.09 Å². The van der Waals surface area contributed by atoms with E-state index >= 15 is 0 Å². The molecule has 3 rings (SSSR count). The van der Waals surface area contributed by atoms with Crippen LogP contribution in [0.5, 0.6) is 0 Å². The summed E-state index contributed by atoms with van der Waals surface area (Å²) in [5, 5.41) is 23.0. The van der Waals surface area contributed by atoms with Crippen LogP contribution in [0.3, 0.4) is 0 Å². The molecule has 25 heavy (non-hydrogen) atoms. The third kappa shape index (κ3) is 4.59. The lowest BCUT2D eigenvalue weighted by molar-refractivity contribution is 0.0135. The highest BCUT2D eigenvalue weighted by Gasteiger charge is 2.21. The minimum absolute atomic E-state index is 0.201. The first-order chi connectivity index (χ1) is 12.1. The summed E-state index contributed by atoms with van der Waals surface area (Å²) in [7, 11) is 0. The summed E-state index contributed by atoms with van der Waals surface area (Å²) in [6.07, 6.45) is -0.0601. The summed E-state index contributed by atoms with van der Waals surface area (Å²) in [5.41, 5.74) is 4.19. The van der Waals surface area contributed by atoms with E-state index in [1.807, 2.05) is 48.5 Å². The van der Waals surface area contributed by atoms with E-state index in [4.69, 9.17) is 4.74 Å². The standard InChI is InChI=1S/C20H23NO4/c22-18(19(23)17-9-7-15-6-8-16(15)12-17)10-11-21-20(24)25-13-14-4-2-1-3-5-14/h1-5,7,9,12,18-19,22-23H,6,8,10-11,13H2,(H,21,24). The Morgan fingerprint density at radius 2 is 1.84 bits per heavy atom. The van der Waals surface area contributed by atoms with Gasteiger partial charge in [-0.25, -0.2) is 4.79 Å². The molecule has 2 aromatic carbocycles. The number of ether oxygens (including phenoxy) is 1. The number of nitrogens with one attached hydrogen (secondary N) is 1. The normalized spacial score (nSPS) is 14.8. The summed E-state index contributed by atoms with van der Waals surface area (Å²) in [5.74, 6) is 0. The van der Waals surface area contributed by atoms with E-state index in [-0.39, 0.29) is 19.6 Å². The maximum atomic E-state index is 11.6. The lowest BCUT2D eigenvalue weighted by atomic mass is 9.85. The molecule has 1 amide bonds. The second-order valence-electron chi connectivity index (χ2n) is 6.32. The summed E-state index contributed by atoms with van der Waals surface area (Å²) >= 11 is 0. The van der Waals surface area contributed by atoms with Crippen molar-refractivity contribution in [2.75, 3.05) is 6.54 Å². The first-order valence-electron chi connectivity index (χ1n) is 8.56. The number of alkyl carbamates (subject to hydrolysis) is 1. The Labute approximate surface area is 147 Å². The van der Waals surface area contributed by atoms with Gasteiger partial charge in [0.25, 0.3) is 0 Å². The number of hydrogen-bond donors (Lipinski definition) is 3. The second kappa shape index (κ2) is 8.14. The minimum Gasteiger partial charge on any atom is -0.445 e. The van der Waals surface area contributed by atoms with Crippen molar-refractivity contribution in [1.82, 2.24) is 5.32 Å². The molecule has 5 heteroatoms. The molecule has 0 fully saturated rings. The molecule has 0 aromatic heterocycles. The number of carbonyl (C=O) groups excluding carboxylic acids is 1. The number of carbonyl (C=O) groups is 1. The number of aliphatic hydroxyl groups excluding tert-OH is 2. The molecule has 2 unspecified atom stereocenters. The van der Waals surface area contributed by atoms with Crippen molar-refractivity contribution in [3.63, 3.8) is 0 Å². The molecule has 0 spiro atoms. The summed E-state index contributed by atoms with van der Waals surface area (Å²) < 4.78 is 5.10. The molecule has 3 N–H and O–H groups in total. The van der Waals surface area contributed by atoms with Crippen molar-refractivity contribution in [3.8, 4) is 0 Å². The molecule has 5 nitrogen and oxygen atoms in total. The van der Waals surface area contributed by atoms with Crippen LogP contribution in [0.1, 0.15) is 34.8 Å². The van der Waals surface area contributed by atoms with E-state index in [0.29, 0.717) is 0 Å². The highest BCUT2D eigenvalue weighted by molar-refractivity contribution is 5.67. The van der Waals surface area contributed by atoms with Crippen molar-refractivity contribution in [1.29, 1.82) is 0 Å². The maximum Gasteiger partial charge on any atom is 0.407 e. The zero-order valence-electron chi connectivity index (χ0n) is 14.0. The lowest BCUT2D eigenvalue weighted by Crippen LogP contribution is -2.30. The van der Waals surface area contributed by atoms with Crippen molar-refractivity contribution >= 4 is 6.09 Å². The Kier molecular flexibility index (Phi) is 5.68. The number of amides is 1. The molecule has 2 aromatic rings. The molecule has 0 aliphatic heterocycles.